The van der Waals surface area contributed by atoms with E-state index in [0.29, 0.717) is 11.1 Å². The maximum Gasteiger partial charge on any atom is 0.408 e. The van der Waals surface area contributed by atoms with Crippen LogP contribution in [-0.4, -0.2) is 64.7 Å². The molecule has 186 valence electrons. The number of rotatable bonds is 10. The summed E-state index contributed by atoms with van der Waals surface area (Å²) in [5, 5.41) is 14.8. The number of nitrogens with two attached hydrogens (primary N) is 1. The van der Waals surface area contributed by atoms with E-state index >= 15 is 0 Å². The molecule has 10 nitrogen and oxygen atoms in total. The number of terminal acetylenes is 1. The standard InChI is InChI=1S/C24H34N4O6/c1-7-16-10-8-9-11-17(16)20(21(31)26-15(2)3)28(12-13-29)22(32)18(14-19(25)30)27-23(33)34-24(4,5)6/h1,8-11,15,18,20,29H,12-14H2,2-6H3,(H2,25,30)(H,26,31)(H,27,33). The van der Waals surface area contributed by atoms with Gasteiger partial charge in [-0.05, 0) is 46.2 Å². The van der Waals surface area contributed by atoms with Crippen LogP contribution >= 0.6 is 0 Å². The van der Waals surface area contributed by atoms with Crippen molar-refractivity contribution in [1.82, 2.24) is 15.5 Å². The fourth-order valence-corrected chi connectivity index (χ4v) is 3.21. The second kappa shape index (κ2) is 12.6. The van der Waals surface area contributed by atoms with Crippen LogP contribution in [0, 0.1) is 12.3 Å². The zero-order valence-electron chi connectivity index (χ0n) is 20.3. The average molecular weight is 475 g/mol. The summed E-state index contributed by atoms with van der Waals surface area (Å²) in [6.45, 7) is 7.64. The number of hydrogen-bond acceptors (Lipinski definition) is 6. The van der Waals surface area contributed by atoms with Gasteiger partial charge in [0.1, 0.15) is 17.7 Å². The number of aliphatic hydroxyl groups is 1. The van der Waals surface area contributed by atoms with Gasteiger partial charge in [-0.1, -0.05) is 24.1 Å². The third-order valence-corrected chi connectivity index (χ3v) is 4.42. The van der Waals surface area contributed by atoms with Crippen LogP contribution in [0.1, 0.15) is 58.2 Å². The molecule has 0 fully saturated rings. The van der Waals surface area contributed by atoms with Gasteiger partial charge in [0.25, 0.3) is 0 Å². The van der Waals surface area contributed by atoms with Gasteiger partial charge in [0.2, 0.25) is 17.7 Å². The lowest BCUT2D eigenvalue weighted by Gasteiger charge is -2.34. The highest BCUT2D eigenvalue weighted by Gasteiger charge is 2.37. The van der Waals surface area contributed by atoms with Gasteiger partial charge in [0.05, 0.1) is 13.0 Å². The zero-order valence-corrected chi connectivity index (χ0v) is 20.3. The van der Waals surface area contributed by atoms with Crippen molar-refractivity contribution < 1.29 is 29.0 Å². The van der Waals surface area contributed by atoms with Crippen LogP contribution in [0.4, 0.5) is 4.79 Å². The predicted octanol–water partition coefficient (Wildman–Crippen LogP) is 0.823. The molecule has 1 aromatic carbocycles. The molecule has 0 bridgehead atoms. The smallest absolute Gasteiger partial charge is 0.408 e. The van der Waals surface area contributed by atoms with Gasteiger partial charge >= 0.3 is 6.09 Å². The lowest BCUT2D eigenvalue weighted by atomic mass is 9.97. The molecule has 0 aliphatic heterocycles. The average Bonchev–Trinajstić information content (AvgIpc) is 2.70. The number of aliphatic hydroxyl groups excluding tert-OH is 1. The Balaban J connectivity index is 3.51. The summed E-state index contributed by atoms with van der Waals surface area (Å²) in [4.78, 5) is 51.9. The summed E-state index contributed by atoms with van der Waals surface area (Å²) in [7, 11) is 0. The van der Waals surface area contributed by atoms with Crippen molar-refractivity contribution in [2.45, 2.75) is 64.8 Å². The fourth-order valence-electron chi connectivity index (χ4n) is 3.21. The monoisotopic (exact) mass is 474 g/mol. The number of nitrogens with one attached hydrogen (secondary N) is 2. The Hall–Kier alpha value is -3.58. The van der Waals surface area contributed by atoms with Crippen LogP contribution in [0.2, 0.25) is 0 Å². The molecule has 0 aliphatic rings. The maximum atomic E-state index is 13.6. The molecule has 0 spiro atoms. The first kappa shape index (κ1) is 28.5. The first-order chi connectivity index (χ1) is 15.8. The summed E-state index contributed by atoms with van der Waals surface area (Å²) >= 11 is 0. The van der Waals surface area contributed by atoms with Gasteiger partial charge in [-0.15, -0.1) is 6.42 Å². The maximum absolute atomic E-state index is 13.6. The molecule has 0 heterocycles. The van der Waals surface area contributed by atoms with Gasteiger partial charge in [0.15, 0.2) is 0 Å². The number of carbonyl (C=O) groups is 4. The Morgan fingerprint density at radius 3 is 2.29 bits per heavy atom. The number of ether oxygens (including phenoxy) is 1. The Morgan fingerprint density at radius 1 is 1.18 bits per heavy atom. The van der Waals surface area contributed by atoms with Gasteiger partial charge in [-0.3, -0.25) is 14.4 Å². The Labute approximate surface area is 200 Å². The molecule has 10 heteroatoms. The SMILES string of the molecule is C#Cc1ccccc1C(C(=O)NC(C)C)N(CCO)C(=O)C(CC(N)=O)NC(=O)OC(C)(C)C. The molecule has 0 aliphatic carbocycles. The normalized spacial score (nSPS) is 12.8. The third-order valence-electron chi connectivity index (χ3n) is 4.42. The fraction of sp³-hybridized carbons (Fsp3) is 0.500. The molecule has 1 rings (SSSR count). The van der Waals surface area contributed by atoms with Gasteiger partial charge in [-0.25, -0.2) is 4.79 Å². The largest absolute Gasteiger partial charge is 0.444 e. The first-order valence-corrected chi connectivity index (χ1v) is 10.9. The molecule has 0 radical (unpaired) electrons. The number of amides is 4. The highest BCUT2D eigenvalue weighted by molar-refractivity contribution is 5.94. The molecule has 2 atom stereocenters. The van der Waals surface area contributed by atoms with Crippen LogP contribution in [-0.2, 0) is 19.1 Å². The molecule has 34 heavy (non-hydrogen) atoms. The molecule has 1 aromatic rings. The minimum atomic E-state index is -1.44. The number of carbonyl (C=O) groups excluding carboxylic acids is 4. The van der Waals surface area contributed by atoms with Gasteiger partial charge < -0.3 is 31.1 Å². The van der Waals surface area contributed by atoms with Crippen LogP contribution in [0.5, 0.6) is 0 Å². The second-order valence-electron chi connectivity index (χ2n) is 8.92. The molecular weight excluding hydrogens is 440 g/mol. The second-order valence-corrected chi connectivity index (χ2v) is 8.92. The minimum Gasteiger partial charge on any atom is -0.444 e. The topological polar surface area (TPSA) is 151 Å². The summed E-state index contributed by atoms with van der Waals surface area (Å²) < 4.78 is 5.19. The van der Waals surface area contributed by atoms with E-state index in [9.17, 15) is 24.3 Å². The van der Waals surface area contributed by atoms with Crippen molar-refractivity contribution in [3.8, 4) is 12.3 Å². The minimum absolute atomic E-state index is 0.264. The highest BCUT2D eigenvalue weighted by Crippen LogP contribution is 2.26. The number of primary amides is 1. The third kappa shape index (κ3) is 8.75. The van der Waals surface area contributed by atoms with Crippen molar-refractivity contribution in [2.75, 3.05) is 13.2 Å². The Kier molecular flexibility index (Phi) is 10.5. The first-order valence-electron chi connectivity index (χ1n) is 10.9. The predicted molar refractivity (Wildman–Crippen MR) is 126 cm³/mol. The number of nitrogens with zero attached hydrogens (tertiary/aromatic N) is 1. The van der Waals surface area contributed by atoms with E-state index in [1.807, 2.05) is 0 Å². The van der Waals surface area contributed by atoms with Crippen molar-refractivity contribution in [2.24, 2.45) is 5.73 Å². The Bertz CT molecular complexity index is 932. The van der Waals surface area contributed by atoms with E-state index < -0.39 is 54.5 Å². The quantitative estimate of drug-likeness (QED) is 0.369. The lowest BCUT2D eigenvalue weighted by Crippen LogP contribution is -2.55. The molecular formula is C24H34N4O6. The van der Waals surface area contributed by atoms with Crippen LogP contribution < -0.4 is 16.4 Å². The van der Waals surface area contributed by atoms with Crippen molar-refractivity contribution >= 4 is 23.8 Å². The van der Waals surface area contributed by atoms with Crippen LogP contribution in [0.15, 0.2) is 24.3 Å². The molecule has 2 unspecified atom stereocenters. The number of benzene rings is 1. The lowest BCUT2D eigenvalue weighted by molar-refractivity contribution is -0.144. The number of alkyl carbamates (subject to hydrolysis) is 1. The molecule has 0 saturated carbocycles. The zero-order chi connectivity index (χ0) is 26.1. The van der Waals surface area contributed by atoms with E-state index in [2.05, 4.69) is 16.6 Å². The van der Waals surface area contributed by atoms with E-state index in [-0.39, 0.29) is 12.6 Å². The summed E-state index contributed by atoms with van der Waals surface area (Å²) in [5.41, 5.74) is 5.17. The summed E-state index contributed by atoms with van der Waals surface area (Å²) in [6, 6.07) is 3.62. The van der Waals surface area contributed by atoms with E-state index in [0.717, 1.165) is 4.90 Å². The van der Waals surface area contributed by atoms with E-state index in [1.54, 1.807) is 58.9 Å². The van der Waals surface area contributed by atoms with Crippen LogP contribution in [0.3, 0.4) is 0 Å². The van der Waals surface area contributed by atoms with Crippen molar-refractivity contribution in [3.05, 3.63) is 35.4 Å². The summed E-state index contributed by atoms with van der Waals surface area (Å²) in [6.07, 6.45) is 4.13. The molecule has 0 saturated heterocycles. The van der Waals surface area contributed by atoms with Crippen LogP contribution in [0.25, 0.3) is 0 Å². The van der Waals surface area contributed by atoms with Crippen molar-refractivity contribution in [3.63, 3.8) is 0 Å². The van der Waals surface area contributed by atoms with Gasteiger partial charge in [0, 0.05) is 18.2 Å². The molecule has 0 aromatic heterocycles. The molecule has 4 amide bonds. The Morgan fingerprint density at radius 2 is 1.79 bits per heavy atom. The summed E-state index contributed by atoms with van der Waals surface area (Å²) in [5.74, 6) is 0.282. The highest BCUT2D eigenvalue weighted by atomic mass is 16.6. The number of hydrogen-bond donors (Lipinski definition) is 4. The molecule has 5 N–H and O–H groups in total. The van der Waals surface area contributed by atoms with E-state index in [1.165, 1.54) is 0 Å². The van der Waals surface area contributed by atoms with Gasteiger partial charge in [-0.2, -0.15) is 0 Å². The van der Waals surface area contributed by atoms with E-state index in [4.69, 9.17) is 16.9 Å². The van der Waals surface area contributed by atoms with Crippen molar-refractivity contribution in [1.29, 1.82) is 0 Å².